The van der Waals surface area contributed by atoms with Crippen molar-refractivity contribution in [1.29, 1.82) is 0 Å². The molecular formula is C12H18O3S. The zero-order valence-electron chi connectivity index (χ0n) is 9.99. The van der Waals surface area contributed by atoms with E-state index in [1.807, 2.05) is 32.9 Å². The zero-order chi connectivity index (χ0) is 12.0. The molecule has 90 valence electrons. The fourth-order valence-electron chi connectivity index (χ4n) is 1.21. The Kier molecular flexibility index (Phi) is 5.66. The van der Waals surface area contributed by atoms with Crippen molar-refractivity contribution in [2.24, 2.45) is 0 Å². The van der Waals surface area contributed by atoms with E-state index in [1.54, 1.807) is 0 Å². The van der Waals surface area contributed by atoms with E-state index < -0.39 is 0 Å². The summed E-state index contributed by atoms with van der Waals surface area (Å²) in [6.45, 7) is 7.17. The molecule has 0 N–H and O–H groups in total. The third kappa shape index (κ3) is 4.43. The number of carbonyl (C=O) groups excluding carboxylic acids is 1. The molecule has 0 saturated heterocycles. The standard InChI is InChI=1S/C12H18O3S/c1-4-14-7-9(2)15-8-11(13)12-6-5-10(3)16-12/h5-6,9H,4,7-8H2,1-3H3. The molecular weight excluding hydrogens is 224 g/mol. The Balaban J connectivity index is 2.30. The molecule has 1 rings (SSSR count). The van der Waals surface area contributed by atoms with Gasteiger partial charge in [-0.1, -0.05) is 0 Å². The first kappa shape index (κ1) is 13.4. The van der Waals surface area contributed by atoms with E-state index in [0.29, 0.717) is 13.2 Å². The monoisotopic (exact) mass is 242 g/mol. The molecule has 0 fully saturated rings. The molecule has 4 heteroatoms. The van der Waals surface area contributed by atoms with Crippen molar-refractivity contribution in [2.45, 2.75) is 26.9 Å². The third-order valence-corrected chi connectivity index (χ3v) is 3.11. The van der Waals surface area contributed by atoms with Crippen LogP contribution in [0.4, 0.5) is 0 Å². The fourth-order valence-corrected chi connectivity index (χ4v) is 2.00. The molecule has 0 spiro atoms. The maximum Gasteiger partial charge on any atom is 0.198 e. The van der Waals surface area contributed by atoms with Gasteiger partial charge in [0.05, 0.1) is 17.6 Å². The Morgan fingerprint density at radius 1 is 1.50 bits per heavy atom. The molecule has 0 aliphatic rings. The number of rotatable bonds is 7. The minimum absolute atomic E-state index is 0.0371. The molecule has 0 aliphatic carbocycles. The van der Waals surface area contributed by atoms with Crippen molar-refractivity contribution in [3.63, 3.8) is 0 Å². The average molecular weight is 242 g/mol. The summed E-state index contributed by atoms with van der Waals surface area (Å²) in [5.74, 6) is 0.0430. The first-order valence-electron chi connectivity index (χ1n) is 5.42. The van der Waals surface area contributed by atoms with E-state index in [1.165, 1.54) is 11.3 Å². The highest BCUT2D eigenvalue weighted by Crippen LogP contribution is 2.15. The molecule has 1 aromatic heterocycles. The van der Waals surface area contributed by atoms with Gasteiger partial charge in [0.2, 0.25) is 0 Å². The summed E-state index contributed by atoms with van der Waals surface area (Å²) in [4.78, 5) is 13.6. The van der Waals surface area contributed by atoms with Gasteiger partial charge < -0.3 is 9.47 Å². The topological polar surface area (TPSA) is 35.5 Å². The number of Topliss-reactive ketones (excluding diaryl/α,β-unsaturated/α-hetero) is 1. The number of carbonyl (C=O) groups is 1. The number of aryl methyl sites for hydroxylation is 1. The first-order chi connectivity index (χ1) is 7.63. The minimum atomic E-state index is -0.0371. The smallest absolute Gasteiger partial charge is 0.198 e. The largest absolute Gasteiger partial charge is 0.379 e. The molecule has 16 heavy (non-hydrogen) atoms. The highest BCUT2D eigenvalue weighted by atomic mass is 32.1. The predicted octanol–water partition coefficient (Wildman–Crippen LogP) is 2.68. The molecule has 1 aromatic rings. The van der Waals surface area contributed by atoms with Crippen LogP contribution in [0.5, 0.6) is 0 Å². The Labute approximate surface area is 100 Å². The van der Waals surface area contributed by atoms with Crippen LogP contribution in [-0.4, -0.2) is 31.7 Å². The van der Waals surface area contributed by atoms with E-state index in [2.05, 4.69) is 0 Å². The maximum absolute atomic E-state index is 11.7. The van der Waals surface area contributed by atoms with Crippen molar-refractivity contribution in [3.8, 4) is 0 Å². The summed E-state index contributed by atoms with van der Waals surface area (Å²) in [5.41, 5.74) is 0. The molecule has 0 bridgehead atoms. The second-order valence-corrected chi connectivity index (χ2v) is 4.90. The van der Waals surface area contributed by atoms with Gasteiger partial charge in [0.25, 0.3) is 0 Å². The molecule has 1 heterocycles. The van der Waals surface area contributed by atoms with Crippen molar-refractivity contribution in [1.82, 2.24) is 0 Å². The van der Waals surface area contributed by atoms with Crippen LogP contribution < -0.4 is 0 Å². The Morgan fingerprint density at radius 2 is 2.25 bits per heavy atom. The van der Waals surface area contributed by atoms with E-state index in [-0.39, 0.29) is 18.5 Å². The van der Waals surface area contributed by atoms with Gasteiger partial charge in [0, 0.05) is 11.5 Å². The summed E-state index contributed by atoms with van der Waals surface area (Å²) >= 11 is 1.50. The molecule has 1 unspecified atom stereocenters. The lowest BCUT2D eigenvalue weighted by Gasteiger charge is -2.11. The fraction of sp³-hybridized carbons (Fsp3) is 0.583. The number of ketones is 1. The van der Waals surface area contributed by atoms with Gasteiger partial charge in [-0.25, -0.2) is 0 Å². The number of hydrogen-bond acceptors (Lipinski definition) is 4. The quantitative estimate of drug-likeness (QED) is 0.690. The van der Waals surface area contributed by atoms with Gasteiger partial charge in [-0.2, -0.15) is 0 Å². The number of thiophene rings is 1. The van der Waals surface area contributed by atoms with Gasteiger partial charge in [-0.15, -0.1) is 11.3 Å². The Morgan fingerprint density at radius 3 is 2.81 bits per heavy atom. The first-order valence-corrected chi connectivity index (χ1v) is 6.24. The molecule has 0 radical (unpaired) electrons. The van der Waals surface area contributed by atoms with Crippen molar-refractivity contribution in [2.75, 3.05) is 19.8 Å². The van der Waals surface area contributed by atoms with Crippen LogP contribution in [-0.2, 0) is 9.47 Å². The van der Waals surface area contributed by atoms with Crippen LogP contribution in [0.2, 0.25) is 0 Å². The van der Waals surface area contributed by atoms with Crippen LogP contribution in [0.25, 0.3) is 0 Å². The van der Waals surface area contributed by atoms with E-state index in [9.17, 15) is 4.79 Å². The van der Waals surface area contributed by atoms with E-state index >= 15 is 0 Å². The number of ether oxygens (including phenoxy) is 2. The SMILES string of the molecule is CCOCC(C)OCC(=O)c1ccc(C)s1. The van der Waals surface area contributed by atoms with Crippen LogP contribution in [0.15, 0.2) is 12.1 Å². The van der Waals surface area contributed by atoms with Crippen LogP contribution >= 0.6 is 11.3 Å². The summed E-state index contributed by atoms with van der Waals surface area (Å²) in [5, 5.41) is 0. The molecule has 0 aromatic carbocycles. The van der Waals surface area contributed by atoms with E-state index in [0.717, 1.165) is 9.75 Å². The Hall–Kier alpha value is -0.710. The van der Waals surface area contributed by atoms with Crippen LogP contribution in [0.1, 0.15) is 28.4 Å². The normalized spacial score (nSPS) is 12.7. The summed E-state index contributed by atoms with van der Waals surface area (Å²) in [7, 11) is 0. The van der Waals surface area contributed by atoms with Crippen molar-refractivity contribution >= 4 is 17.1 Å². The molecule has 3 nitrogen and oxygen atoms in total. The van der Waals surface area contributed by atoms with Crippen LogP contribution in [0, 0.1) is 6.92 Å². The number of hydrogen-bond donors (Lipinski definition) is 0. The van der Waals surface area contributed by atoms with Gasteiger partial charge in [-0.05, 0) is 32.9 Å². The molecule has 0 amide bonds. The zero-order valence-corrected chi connectivity index (χ0v) is 10.8. The van der Waals surface area contributed by atoms with Crippen LogP contribution in [0.3, 0.4) is 0 Å². The second kappa shape index (κ2) is 6.78. The lowest BCUT2D eigenvalue weighted by Crippen LogP contribution is -2.20. The van der Waals surface area contributed by atoms with Gasteiger partial charge in [0.15, 0.2) is 5.78 Å². The molecule has 1 atom stereocenters. The van der Waals surface area contributed by atoms with E-state index in [4.69, 9.17) is 9.47 Å². The molecule has 0 saturated carbocycles. The highest BCUT2D eigenvalue weighted by molar-refractivity contribution is 7.14. The maximum atomic E-state index is 11.7. The van der Waals surface area contributed by atoms with Gasteiger partial charge in [0.1, 0.15) is 6.61 Å². The van der Waals surface area contributed by atoms with Gasteiger partial charge in [-0.3, -0.25) is 4.79 Å². The van der Waals surface area contributed by atoms with Gasteiger partial charge >= 0.3 is 0 Å². The summed E-state index contributed by atoms with van der Waals surface area (Å²) in [6.07, 6.45) is -0.0371. The summed E-state index contributed by atoms with van der Waals surface area (Å²) in [6, 6.07) is 3.79. The van der Waals surface area contributed by atoms with Crippen molar-refractivity contribution in [3.05, 3.63) is 21.9 Å². The minimum Gasteiger partial charge on any atom is -0.379 e. The van der Waals surface area contributed by atoms with Crippen molar-refractivity contribution < 1.29 is 14.3 Å². The lowest BCUT2D eigenvalue weighted by atomic mass is 10.3. The average Bonchev–Trinajstić information content (AvgIpc) is 2.69. The second-order valence-electron chi connectivity index (χ2n) is 3.61. The Bertz CT molecular complexity index is 333. The predicted molar refractivity (Wildman–Crippen MR) is 65.3 cm³/mol. The third-order valence-electron chi connectivity index (χ3n) is 2.07. The molecule has 0 aliphatic heterocycles. The highest BCUT2D eigenvalue weighted by Gasteiger charge is 2.10. The lowest BCUT2D eigenvalue weighted by molar-refractivity contribution is 0.00127. The summed E-state index contributed by atoms with van der Waals surface area (Å²) < 4.78 is 10.6.